The summed E-state index contributed by atoms with van der Waals surface area (Å²) in [6.45, 7) is 0.849. The van der Waals surface area contributed by atoms with Crippen LogP contribution in [0.4, 0.5) is 0 Å². The molecule has 0 spiro atoms. The topological polar surface area (TPSA) is 27.6 Å². The van der Waals surface area contributed by atoms with Gasteiger partial charge in [-0.3, -0.25) is 0 Å². The van der Waals surface area contributed by atoms with E-state index < -0.39 is 0 Å². The molecule has 0 bridgehead atoms. The molecular formula is C7H9BrN+. The third-order valence-corrected chi connectivity index (χ3v) is 2.00. The number of quaternary nitrogens is 1. The minimum absolute atomic E-state index is 0.849. The van der Waals surface area contributed by atoms with Gasteiger partial charge in [-0.1, -0.05) is 34.1 Å². The van der Waals surface area contributed by atoms with Gasteiger partial charge in [0.2, 0.25) is 0 Å². The minimum atomic E-state index is 0.849. The lowest BCUT2D eigenvalue weighted by molar-refractivity contribution is -0.386. The number of halogens is 1. The van der Waals surface area contributed by atoms with Crippen LogP contribution in [-0.2, 0) is 6.54 Å². The van der Waals surface area contributed by atoms with Crippen LogP contribution in [0, 0.1) is 0 Å². The van der Waals surface area contributed by atoms with E-state index in [1.54, 1.807) is 0 Å². The van der Waals surface area contributed by atoms with Gasteiger partial charge in [-0.15, -0.1) is 0 Å². The van der Waals surface area contributed by atoms with Gasteiger partial charge >= 0.3 is 0 Å². The summed E-state index contributed by atoms with van der Waals surface area (Å²) in [4.78, 5) is 0. The predicted molar refractivity (Wildman–Crippen MR) is 40.7 cm³/mol. The Morgan fingerprint density at radius 1 is 1.33 bits per heavy atom. The fourth-order valence-electron chi connectivity index (χ4n) is 0.701. The molecule has 1 aromatic carbocycles. The predicted octanol–water partition coefficient (Wildman–Crippen LogP) is 1.19. The maximum Gasteiger partial charge on any atom is 0.101 e. The van der Waals surface area contributed by atoms with Crippen molar-refractivity contribution < 1.29 is 5.73 Å². The van der Waals surface area contributed by atoms with Crippen molar-refractivity contribution in [2.75, 3.05) is 0 Å². The molecule has 2 heteroatoms. The quantitative estimate of drug-likeness (QED) is 0.683. The molecule has 1 rings (SSSR count). The highest BCUT2D eigenvalue weighted by molar-refractivity contribution is 9.10. The summed E-state index contributed by atoms with van der Waals surface area (Å²) < 4.78 is 1.15. The molecule has 0 heterocycles. The molecule has 9 heavy (non-hydrogen) atoms. The van der Waals surface area contributed by atoms with E-state index in [0.29, 0.717) is 0 Å². The molecule has 0 aliphatic heterocycles. The molecule has 3 N–H and O–H groups in total. The Kier molecular flexibility index (Phi) is 2.25. The van der Waals surface area contributed by atoms with E-state index in [9.17, 15) is 0 Å². The molecular weight excluding hydrogens is 178 g/mol. The van der Waals surface area contributed by atoms with E-state index in [2.05, 4.69) is 27.7 Å². The molecule has 48 valence electrons. The molecule has 0 fully saturated rings. The molecule has 1 aromatic rings. The smallest absolute Gasteiger partial charge is 0.101 e. The van der Waals surface area contributed by atoms with Crippen LogP contribution in [0.5, 0.6) is 0 Å². The van der Waals surface area contributed by atoms with Crippen molar-refractivity contribution in [3.8, 4) is 0 Å². The summed E-state index contributed by atoms with van der Waals surface area (Å²) in [6.07, 6.45) is 0. The van der Waals surface area contributed by atoms with Gasteiger partial charge in [0, 0.05) is 10.0 Å². The highest BCUT2D eigenvalue weighted by Crippen LogP contribution is 2.13. The van der Waals surface area contributed by atoms with E-state index in [4.69, 9.17) is 0 Å². The van der Waals surface area contributed by atoms with Crippen LogP contribution in [0.25, 0.3) is 0 Å². The van der Waals surface area contributed by atoms with Crippen LogP contribution >= 0.6 is 15.9 Å². The summed E-state index contributed by atoms with van der Waals surface area (Å²) in [5.41, 5.74) is 5.05. The Hall–Kier alpha value is -0.340. The van der Waals surface area contributed by atoms with Crippen molar-refractivity contribution in [3.63, 3.8) is 0 Å². The average molecular weight is 187 g/mol. The standard InChI is InChI=1S/C7H8BrN/c8-7-4-2-1-3-6(7)5-9/h1-4H,5,9H2/p+1. The lowest BCUT2D eigenvalue weighted by Crippen LogP contribution is -2.47. The van der Waals surface area contributed by atoms with E-state index >= 15 is 0 Å². The summed E-state index contributed by atoms with van der Waals surface area (Å²) in [5.74, 6) is 0. The van der Waals surface area contributed by atoms with Gasteiger partial charge in [-0.2, -0.15) is 0 Å². The molecule has 0 amide bonds. The summed E-state index contributed by atoms with van der Waals surface area (Å²) in [7, 11) is 0. The van der Waals surface area contributed by atoms with Crippen molar-refractivity contribution in [1.29, 1.82) is 0 Å². The van der Waals surface area contributed by atoms with Crippen LogP contribution < -0.4 is 5.73 Å². The van der Waals surface area contributed by atoms with Gasteiger partial charge in [0.25, 0.3) is 0 Å². The highest BCUT2D eigenvalue weighted by Gasteiger charge is 1.93. The largest absolute Gasteiger partial charge is 0.354 e. The maximum atomic E-state index is 3.79. The number of hydrogen-bond acceptors (Lipinski definition) is 0. The second-order valence-corrected chi connectivity index (χ2v) is 2.70. The highest BCUT2D eigenvalue weighted by atomic mass is 79.9. The number of rotatable bonds is 1. The number of hydrogen-bond donors (Lipinski definition) is 1. The first-order valence-electron chi connectivity index (χ1n) is 2.87. The van der Waals surface area contributed by atoms with Crippen molar-refractivity contribution in [2.45, 2.75) is 6.54 Å². The van der Waals surface area contributed by atoms with Crippen molar-refractivity contribution in [3.05, 3.63) is 34.3 Å². The molecule has 0 aliphatic rings. The fourth-order valence-corrected chi connectivity index (χ4v) is 1.18. The van der Waals surface area contributed by atoms with E-state index in [1.165, 1.54) is 5.56 Å². The van der Waals surface area contributed by atoms with Crippen molar-refractivity contribution >= 4 is 15.9 Å². The summed E-state index contributed by atoms with van der Waals surface area (Å²) in [6, 6.07) is 8.12. The lowest BCUT2D eigenvalue weighted by Gasteiger charge is -1.94. The van der Waals surface area contributed by atoms with Crippen molar-refractivity contribution in [1.82, 2.24) is 0 Å². The first kappa shape index (κ1) is 6.78. The van der Waals surface area contributed by atoms with Crippen LogP contribution in [0.1, 0.15) is 5.56 Å². The number of benzene rings is 1. The normalized spacial score (nSPS) is 9.56. The van der Waals surface area contributed by atoms with E-state index in [1.807, 2.05) is 18.2 Å². The van der Waals surface area contributed by atoms with Gasteiger partial charge in [0.1, 0.15) is 6.54 Å². The molecule has 0 saturated heterocycles. The Labute approximate surface area is 63.0 Å². The minimum Gasteiger partial charge on any atom is -0.354 e. The zero-order valence-corrected chi connectivity index (χ0v) is 6.69. The zero-order chi connectivity index (χ0) is 6.69. The second-order valence-electron chi connectivity index (χ2n) is 1.84. The van der Waals surface area contributed by atoms with Gasteiger partial charge in [0.15, 0.2) is 0 Å². The second kappa shape index (κ2) is 2.99. The summed E-state index contributed by atoms with van der Waals surface area (Å²) >= 11 is 3.42. The van der Waals surface area contributed by atoms with Crippen LogP contribution in [0.3, 0.4) is 0 Å². The zero-order valence-electron chi connectivity index (χ0n) is 5.10. The molecule has 0 atom stereocenters. The van der Waals surface area contributed by atoms with E-state index in [0.717, 1.165) is 11.0 Å². The Balaban J connectivity index is 3.01. The van der Waals surface area contributed by atoms with Crippen LogP contribution in [0.15, 0.2) is 28.7 Å². The molecule has 1 nitrogen and oxygen atoms in total. The van der Waals surface area contributed by atoms with Crippen LogP contribution in [0.2, 0.25) is 0 Å². The molecule has 0 saturated carbocycles. The van der Waals surface area contributed by atoms with Gasteiger partial charge in [-0.05, 0) is 6.07 Å². The SMILES string of the molecule is [NH3+]Cc1ccccc1Br. The van der Waals surface area contributed by atoms with Gasteiger partial charge in [-0.25, -0.2) is 0 Å². The average Bonchev–Trinajstić information content (AvgIpc) is 1.89. The lowest BCUT2D eigenvalue weighted by atomic mass is 10.2. The van der Waals surface area contributed by atoms with Crippen LogP contribution in [-0.4, -0.2) is 0 Å². The summed E-state index contributed by atoms with van der Waals surface area (Å²) in [5, 5.41) is 0. The monoisotopic (exact) mass is 186 g/mol. The molecule has 0 aliphatic carbocycles. The maximum absolute atomic E-state index is 3.79. The van der Waals surface area contributed by atoms with Gasteiger partial charge < -0.3 is 5.73 Å². The first-order chi connectivity index (χ1) is 4.34. The Bertz CT molecular complexity index is 198. The van der Waals surface area contributed by atoms with E-state index in [-0.39, 0.29) is 0 Å². The van der Waals surface area contributed by atoms with Crippen molar-refractivity contribution in [2.24, 2.45) is 0 Å². The first-order valence-corrected chi connectivity index (χ1v) is 3.66. The third kappa shape index (κ3) is 1.53. The fraction of sp³-hybridized carbons (Fsp3) is 0.143. The third-order valence-electron chi connectivity index (χ3n) is 1.23. The Morgan fingerprint density at radius 2 is 2.00 bits per heavy atom. The Morgan fingerprint density at radius 3 is 2.44 bits per heavy atom. The van der Waals surface area contributed by atoms with Gasteiger partial charge in [0.05, 0.1) is 0 Å². The molecule has 0 aromatic heterocycles. The molecule has 0 radical (unpaired) electrons. The molecule has 0 unspecified atom stereocenters.